The zero-order chi connectivity index (χ0) is 21.7. The molecule has 6 nitrogen and oxygen atoms in total. The van der Waals surface area contributed by atoms with Crippen LogP contribution in [0.1, 0.15) is 21.7 Å². The van der Waals surface area contributed by atoms with E-state index in [1.807, 2.05) is 50.4 Å². The van der Waals surface area contributed by atoms with Crippen LogP contribution in [0.3, 0.4) is 0 Å². The molecule has 0 aliphatic heterocycles. The van der Waals surface area contributed by atoms with Crippen LogP contribution in [0.4, 0.5) is 0 Å². The van der Waals surface area contributed by atoms with E-state index in [-0.39, 0.29) is 11.1 Å². The zero-order valence-electron chi connectivity index (χ0n) is 17.1. The first kappa shape index (κ1) is 20.2. The molecule has 0 saturated heterocycles. The molecule has 4 heterocycles. The Morgan fingerprint density at radius 1 is 1.10 bits per heavy atom. The Morgan fingerprint density at radius 3 is 2.71 bits per heavy atom. The monoisotopic (exact) mass is 466 g/mol. The Balaban J connectivity index is 1.66. The third-order valence-electron chi connectivity index (χ3n) is 5.23. The summed E-state index contributed by atoms with van der Waals surface area (Å²) in [6, 6.07) is 9.34. The molecule has 156 valence electrons. The number of hydrogen-bond acceptors (Lipinski definition) is 7. The highest BCUT2D eigenvalue weighted by atomic mass is 32.2. The first-order chi connectivity index (χ1) is 14.9. The van der Waals surface area contributed by atoms with Crippen LogP contribution in [0, 0.1) is 20.8 Å². The first-order valence-corrected chi connectivity index (χ1v) is 12.3. The van der Waals surface area contributed by atoms with Crippen LogP contribution in [0.2, 0.25) is 0 Å². The van der Waals surface area contributed by atoms with Gasteiger partial charge in [0, 0.05) is 28.3 Å². The van der Waals surface area contributed by atoms with Crippen molar-refractivity contribution in [1.29, 1.82) is 0 Å². The van der Waals surface area contributed by atoms with Crippen LogP contribution in [-0.2, 0) is 5.75 Å². The van der Waals surface area contributed by atoms with Gasteiger partial charge in [0.2, 0.25) is 0 Å². The summed E-state index contributed by atoms with van der Waals surface area (Å²) in [4.78, 5) is 37.9. The number of thioether (sulfide) groups is 1. The number of rotatable bonds is 4. The molecular weight excluding hydrogens is 448 g/mol. The van der Waals surface area contributed by atoms with E-state index >= 15 is 0 Å². The van der Waals surface area contributed by atoms with Gasteiger partial charge in [-0.3, -0.25) is 18.6 Å². The number of thiophene rings is 1. The predicted molar refractivity (Wildman–Crippen MR) is 128 cm³/mol. The van der Waals surface area contributed by atoms with E-state index in [1.54, 1.807) is 16.8 Å². The Bertz CT molecular complexity index is 1580. The molecular formula is C22H18N4O2S3. The van der Waals surface area contributed by atoms with Gasteiger partial charge < -0.3 is 0 Å². The molecule has 0 amide bonds. The third kappa shape index (κ3) is 3.42. The van der Waals surface area contributed by atoms with Crippen molar-refractivity contribution in [3.05, 3.63) is 84.3 Å². The fraction of sp³-hybridized carbons (Fsp3) is 0.182. The molecule has 0 N–H and O–H groups in total. The van der Waals surface area contributed by atoms with Gasteiger partial charge >= 0.3 is 0 Å². The summed E-state index contributed by atoms with van der Waals surface area (Å²) in [6.45, 7) is 5.97. The van der Waals surface area contributed by atoms with Gasteiger partial charge in [-0.05, 0) is 38.0 Å². The topological polar surface area (TPSA) is 69.3 Å². The Labute approximate surface area is 189 Å². The minimum absolute atomic E-state index is 0.0645. The molecule has 0 unspecified atom stereocenters. The van der Waals surface area contributed by atoms with E-state index in [2.05, 4.69) is 4.98 Å². The number of para-hydroxylation sites is 1. The second-order valence-electron chi connectivity index (χ2n) is 7.21. The lowest BCUT2D eigenvalue weighted by atomic mass is 10.2. The Kier molecular flexibility index (Phi) is 5.04. The van der Waals surface area contributed by atoms with Gasteiger partial charge in [-0.15, -0.1) is 22.7 Å². The van der Waals surface area contributed by atoms with Crippen molar-refractivity contribution in [3.63, 3.8) is 0 Å². The molecule has 31 heavy (non-hydrogen) atoms. The van der Waals surface area contributed by atoms with E-state index in [0.29, 0.717) is 27.0 Å². The molecule has 0 aliphatic carbocycles. The van der Waals surface area contributed by atoms with Gasteiger partial charge in [0.25, 0.3) is 11.1 Å². The first-order valence-electron chi connectivity index (χ1n) is 9.61. The number of nitrogens with zero attached hydrogens (tertiary/aromatic N) is 4. The van der Waals surface area contributed by atoms with Crippen molar-refractivity contribution < 1.29 is 0 Å². The second-order valence-corrected chi connectivity index (χ2v) is 10.2. The number of thiazole rings is 1. The van der Waals surface area contributed by atoms with Crippen molar-refractivity contribution in [2.45, 2.75) is 31.7 Å². The molecule has 1 aromatic carbocycles. The average Bonchev–Trinajstić information content (AvgIpc) is 3.32. The van der Waals surface area contributed by atoms with Gasteiger partial charge in [-0.1, -0.05) is 30.0 Å². The standard InChI is InChI=1S/C22H18N4O2S3/c1-12-6-4-5-7-16(12)26-20(28)18-13(2)14(3)31-19(18)24-22(26)30-11-15-10-17(27)25-8-9-29-21(25)23-15/h4-10H,11H2,1-3H3. The number of benzene rings is 1. The Hall–Kier alpha value is -2.75. The van der Waals surface area contributed by atoms with Gasteiger partial charge in [-0.2, -0.15) is 0 Å². The van der Waals surface area contributed by atoms with Gasteiger partial charge in [0.1, 0.15) is 4.83 Å². The zero-order valence-corrected chi connectivity index (χ0v) is 19.5. The van der Waals surface area contributed by atoms with Crippen molar-refractivity contribution >= 4 is 49.6 Å². The quantitative estimate of drug-likeness (QED) is 0.283. The van der Waals surface area contributed by atoms with E-state index in [1.165, 1.54) is 38.8 Å². The van der Waals surface area contributed by atoms with Crippen molar-refractivity contribution in [3.8, 4) is 5.69 Å². The third-order valence-corrected chi connectivity index (χ3v) is 8.06. The Morgan fingerprint density at radius 2 is 1.90 bits per heavy atom. The van der Waals surface area contributed by atoms with E-state index in [9.17, 15) is 9.59 Å². The predicted octanol–water partition coefficient (Wildman–Crippen LogP) is 4.73. The highest BCUT2D eigenvalue weighted by Gasteiger charge is 2.19. The smallest absolute Gasteiger partial charge is 0.267 e. The molecule has 4 aromatic heterocycles. The molecule has 9 heteroatoms. The lowest BCUT2D eigenvalue weighted by molar-refractivity contribution is 0.816. The van der Waals surface area contributed by atoms with Gasteiger partial charge in [-0.25, -0.2) is 9.97 Å². The maximum Gasteiger partial charge on any atom is 0.267 e. The minimum Gasteiger partial charge on any atom is -0.269 e. The summed E-state index contributed by atoms with van der Waals surface area (Å²) in [6.07, 6.45) is 1.72. The van der Waals surface area contributed by atoms with Crippen molar-refractivity contribution in [1.82, 2.24) is 18.9 Å². The van der Waals surface area contributed by atoms with Gasteiger partial charge in [0.05, 0.1) is 16.8 Å². The molecule has 5 rings (SSSR count). The number of aryl methyl sites for hydroxylation is 3. The van der Waals surface area contributed by atoms with Crippen LogP contribution in [0.15, 0.2) is 56.7 Å². The number of fused-ring (bicyclic) bond motifs is 2. The SMILES string of the molecule is Cc1ccccc1-n1c(SCc2cc(=O)n3ccsc3n2)nc2sc(C)c(C)c2c1=O. The van der Waals surface area contributed by atoms with Crippen LogP contribution in [-0.4, -0.2) is 18.9 Å². The molecule has 0 fully saturated rings. The fourth-order valence-electron chi connectivity index (χ4n) is 3.50. The minimum atomic E-state index is -0.105. The summed E-state index contributed by atoms with van der Waals surface area (Å²) >= 11 is 4.38. The van der Waals surface area contributed by atoms with Crippen LogP contribution >= 0.6 is 34.4 Å². The summed E-state index contributed by atoms with van der Waals surface area (Å²) in [7, 11) is 0. The lowest BCUT2D eigenvalue weighted by Crippen LogP contribution is -2.22. The number of hydrogen-bond donors (Lipinski definition) is 0. The largest absolute Gasteiger partial charge is 0.269 e. The van der Waals surface area contributed by atoms with Gasteiger partial charge in [0.15, 0.2) is 10.1 Å². The van der Waals surface area contributed by atoms with Crippen LogP contribution in [0.25, 0.3) is 20.9 Å². The van der Waals surface area contributed by atoms with Crippen molar-refractivity contribution in [2.24, 2.45) is 0 Å². The van der Waals surface area contributed by atoms with E-state index in [4.69, 9.17) is 4.98 Å². The molecule has 0 radical (unpaired) electrons. The average molecular weight is 467 g/mol. The highest BCUT2D eigenvalue weighted by molar-refractivity contribution is 7.98. The molecule has 0 spiro atoms. The van der Waals surface area contributed by atoms with E-state index in [0.717, 1.165) is 26.5 Å². The fourth-order valence-corrected chi connectivity index (χ4v) is 6.21. The molecule has 0 aliphatic rings. The molecule has 0 saturated carbocycles. The molecule has 5 aromatic rings. The summed E-state index contributed by atoms with van der Waals surface area (Å²) in [5, 5.41) is 3.11. The highest BCUT2D eigenvalue weighted by Crippen LogP contribution is 2.31. The van der Waals surface area contributed by atoms with Crippen LogP contribution < -0.4 is 11.1 Å². The summed E-state index contributed by atoms with van der Waals surface area (Å²) < 4.78 is 3.22. The maximum atomic E-state index is 13.6. The second kappa shape index (κ2) is 7.74. The normalized spacial score (nSPS) is 11.6. The van der Waals surface area contributed by atoms with Crippen LogP contribution in [0.5, 0.6) is 0 Å². The summed E-state index contributed by atoms with van der Waals surface area (Å²) in [5.41, 5.74) is 3.29. The molecule has 0 bridgehead atoms. The van der Waals surface area contributed by atoms with E-state index < -0.39 is 0 Å². The lowest BCUT2D eigenvalue weighted by Gasteiger charge is -2.14. The molecule has 0 atom stereocenters. The van der Waals surface area contributed by atoms with Crippen molar-refractivity contribution in [2.75, 3.05) is 0 Å². The summed E-state index contributed by atoms with van der Waals surface area (Å²) in [5.74, 6) is 0.441. The number of aromatic nitrogens is 4. The maximum absolute atomic E-state index is 13.6.